The maximum Gasteiger partial charge on any atom is 0.407 e. The fourth-order valence-corrected chi connectivity index (χ4v) is 2.59. The summed E-state index contributed by atoms with van der Waals surface area (Å²) in [5.41, 5.74) is 1.26. The van der Waals surface area contributed by atoms with Gasteiger partial charge in [0.25, 0.3) is 0 Å². The number of amides is 1. The Morgan fingerprint density at radius 3 is 2.88 bits per heavy atom. The molecule has 0 saturated carbocycles. The third-order valence-corrected chi connectivity index (χ3v) is 3.80. The number of halogens is 1. The molecule has 1 saturated heterocycles. The lowest BCUT2D eigenvalue weighted by atomic mass is 9.99. The summed E-state index contributed by atoms with van der Waals surface area (Å²) in [4.78, 5) is 12.3. The van der Waals surface area contributed by atoms with Gasteiger partial charge < -0.3 is 10.0 Å². The molecule has 1 aliphatic heterocycles. The Balaban J connectivity index is 1.97. The smallest absolute Gasteiger partial charge is 0.407 e. The average Bonchev–Trinajstić information content (AvgIpc) is 2.70. The van der Waals surface area contributed by atoms with E-state index in [-0.39, 0.29) is 0 Å². The first kappa shape index (κ1) is 11.5. The van der Waals surface area contributed by atoms with Crippen LogP contribution in [0.4, 0.5) is 4.79 Å². The van der Waals surface area contributed by atoms with Crippen molar-refractivity contribution >= 4 is 22.0 Å². The molecule has 1 atom stereocenters. The van der Waals surface area contributed by atoms with Crippen LogP contribution < -0.4 is 0 Å². The molecule has 1 N–H and O–H groups in total. The monoisotopic (exact) mass is 283 g/mol. The quantitative estimate of drug-likeness (QED) is 0.907. The number of rotatable bonds is 2. The fourth-order valence-electron chi connectivity index (χ4n) is 2.15. The Morgan fingerprint density at radius 1 is 1.50 bits per heavy atom. The molecule has 0 bridgehead atoms. The van der Waals surface area contributed by atoms with Gasteiger partial charge in [-0.15, -0.1) is 0 Å². The molecule has 0 aromatic heterocycles. The number of likely N-dealkylation sites (tertiary alicyclic amines) is 1. The van der Waals surface area contributed by atoms with E-state index in [1.165, 1.54) is 10.5 Å². The molecule has 1 amide bonds. The second kappa shape index (κ2) is 4.87. The van der Waals surface area contributed by atoms with E-state index in [4.69, 9.17) is 5.11 Å². The summed E-state index contributed by atoms with van der Waals surface area (Å²) in [6.45, 7) is 1.33. The van der Waals surface area contributed by atoms with Crippen molar-refractivity contribution < 1.29 is 9.90 Å². The molecule has 1 aromatic carbocycles. The van der Waals surface area contributed by atoms with Crippen LogP contribution >= 0.6 is 15.9 Å². The van der Waals surface area contributed by atoms with E-state index < -0.39 is 6.09 Å². The van der Waals surface area contributed by atoms with E-state index in [0.29, 0.717) is 19.0 Å². The van der Waals surface area contributed by atoms with Gasteiger partial charge in [0.2, 0.25) is 0 Å². The van der Waals surface area contributed by atoms with Gasteiger partial charge in [0.1, 0.15) is 0 Å². The van der Waals surface area contributed by atoms with Gasteiger partial charge in [-0.25, -0.2) is 4.79 Å². The lowest BCUT2D eigenvalue weighted by Crippen LogP contribution is -2.26. The van der Waals surface area contributed by atoms with Crippen LogP contribution in [0.5, 0.6) is 0 Å². The summed E-state index contributed by atoms with van der Waals surface area (Å²) in [5, 5.41) is 8.87. The zero-order chi connectivity index (χ0) is 11.5. The Kier molecular flexibility index (Phi) is 3.49. The number of carbonyl (C=O) groups is 1. The summed E-state index contributed by atoms with van der Waals surface area (Å²) < 4.78 is 1.11. The summed E-state index contributed by atoms with van der Waals surface area (Å²) in [6, 6.07) is 8.13. The van der Waals surface area contributed by atoms with Gasteiger partial charge in [-0.1, -0.05) is 34.1 Å². The Bertz CT molecular complexity index is 394. The summed E-state index contributed by atoms with van der Waals surface area (Å²) in [5.74, 6) is 0.454. The van der Waals surface area contributed by atoms with E-state index in [2.05, 4.69) is 22.0 Å². The highest BCUT2D eigenvalue weighted by molar-refractivity contribution is 9.10. The number of benzene rings is 1. The lowest BCUT2D eigenvalue weighted by molar-refractivity contribution is 0.154. The first-order valence-electron chi connectivity index (χ1n) is 5.38. The third kappa shape index (κ3) is 2.55. The first-order valence-corrected chi connectivity index (χ1v) is 6.17. The maximum absolute atomic E-state index is 10.8. The molecule has 0 spiro atoms. The molecule has 1 fully saturated rings. The van der Waals surface area contributed by atoms with Gasteiger partial charge >= 0.3 is 6.09 Å². The Hall–Kier alpha value is -1.03. The molecule has 1 aliphatic rings. The van der Waals surface area contributed by atoms with Gasteiger partial charge in [-0.05, 0) is 30.4 Å². The van der Waals surface area contributed by atoms with Crippen LogP contribution in [0, 0.1) is 5.92 Å². The molecule has 4 heteroatoms. The summed E-state index contributed by atoms with van der Waals surface area (Å²) >= 11 is 3.52. The predicted octanol–water partition coefficient (Wildman–Crippen LogP) is 2.99. The van der Waals surface area contributed by atoms with Crippen molar-refractivity contribution in [1.82, 2.24) is 4.90 Å². The second-order valence-corrected chi connectivity index (χ2v) is 5.03. The molecule has 1 unspecified atom stereocenters. The molecule has 86 valence electrons. The van der Waals surface area contributed by atoms with Crippen LogP contribution in [0.25, 0.3) is 0 Å². The zero-order valence-electron chi connectivity index (χ0n) is 8.90. The molecular weight excluding hydrogens is 270 g/mol. The normalized spacial score (nSPS) is 20.1. The fraction of sp³-hybridized carbons (Fsp3) is 0.417. The highest BCUT2D eigenvalue weighted by Crippen LogP contribution is 2.24. The van der Waals surface area contributed by atoms with Crippen molar-refractivity contribution in [3.63, 3.8) is 0 Å². The summed E-state index contributed by atoms with van der Waals surface area (Å²) in [6.07, 6.45) is 1.12. The van der Waals surface area contributed by atoms with E-state index >= 15 is 0 Å². The van der Waals surface area contributed by atoms with Crippen LogP contribution in [0.3, 0.4) is 0 Å². The van der Waals surface area contributed by atoms with E-state index in [9.17, 15) is 4.79 Å². The summed E-state index contributed by atoms with van der Waals surface area (Å²) in [7, 11) is 0. The number of hydrogen-bond acceptors (Lipinski definition) is 1. The van der Waals surface area contributed by atoms with Crippen molar-refractivity contribution in [3.8, 4) is 0 Å². The first-order chi connectivity index (χ1) is 7.66. The highest BCUT2D eigenvalue weighted by atomic mass is 79.9. The average molecular weight is 284 g/mol. The molecule has 16 heavy (non-hydrogen) atoms. The van der Waals surface area contributed by atoms with Crippen LogP contribution in [0.1, 0.15) is 12.0 Å². The SMILES string of the molecule is O=C(O)N1CCC(Cc2ccccc2Br)C1. The van der Waals surface area contributed by atoms with Gasteiger partial charge in [0.15, 0.2) is 0 Å². The van der Waals surface area contributed by atoms with Gasteiger partial charge in [-0.2, -0.15) is 0 Å². The molecule has 0 radical (unpaired) electrons. The topological polar surface area (TPSA) is 40.5 Å². The van der Waals surface area contributed by atoms with Crippen molar-refractivity contribution in [2.24, 2.45) is 5.92 Å². The lowest BCUT2D eigenvalue weighted by Gasteiger charge is -2.12. The molecule has 2 rings (SSSR count). The number of nitrogens with zero attached hydrogens (tertiary/aromatic N) is 1. The third-order valence-electron chi connectivity index (χ3n) is 3.02. The number of carboxylic acid groups (broad SMARTS) is 1. The molecule has 3 nitrogen and oxygen atoms in total. The minimum atomic E-state index is -0.797. The van der Waals surface area contributed by atoms with Gasteiger partial charge in [-0.3, -0.25) is 0 Å². The minimum Gasteiger partial charge on any atom is -0.465 e. The van der Waals surface area contributed by atoms with Crippen molar-refractivity contribution in [1.29, 1.82) is 0 Å². The Morgan fingerprint density at radius 2 is 2.25 bits per heavy atom. The van der Waals surface area contributed by atoms with E-state index in [1.807, 2.05) is 18.2 Å². The highest BCUT2D eigenvalue weighted by Gasteiger charge is 2.26. The van der Waals surface area contributed by atoms with Crippen molar-refractivity contribution in [2.45, 2.75) is 12.8 Å². The Labute approximate surface area is 103 Å². The van der Waals surface area contributed by atoms with E-state index in [1.54, 1.807) is 0 Å². The largest absolute Gasteiger partial charge is 0.465 e. The van der Waals surface area contributed by atoms with Gasteiger partial charge in [0, 0.05) is 17.6 Å². The molecule has 1 aromatic rings. The van der Waals surface area contributed by atoms with Crippen LogP contribution in [0.2, 0.25) is 0 Å². The van der Waals surface area contributed by atoms with Crippen molar-refractivity contribution in [2.75, 3.05) is 13.1 Å². The van der Waals surface area contributed by atoms with Crippen molar-refractivity contribution in [3.05, 3.63) is 34.3 Å². The predicted molar refractivity (Wildman–Crippen MR) is 65.6 cm³/mol. The zero-order valence-corrected chi connectivity index (χ0v) is 10.5. The molecule has 0 aliphatic carbocycles. The minimum absolute atomic E-state index is 0.454. The molecule has 1 heterocycles. The maximum atomic E-state index is 10.8. The van der Waals surface area contributed by atoms with E-state index in [0.717, 1.165) is 17.3 Å². The standard InChI is InChI=1S/C12H14BrNO2/c13-11-4-2-1-3-10(11)7-9-5-6-14(8-9)12(15)16/h1-4,9H,5-8H2,(H,15,16). The molecular formula is C12H14BrNO2. The van der Waals surface area contributed by atoms with Crippen LogP contribution in [-0.4, -0.2) is 29.2 Å². The van der Waals surface area contributed by atoms with Crippen LogP contribution in [-0.2, 0) is 6.42 Å². The number of hydrogen-bond donors (Lipinski definition) is 1. The van der Waals surface area contributed by atoms with Crippen LogP contribution in [0.15, 0.2) is 28.7 Å². The second-order valence-electron chi connectivity index (χ2n) is 4.18. The van der Waals surface area contributed by atoms with Gasteiger partial charge in [0.05, 0.1) is 0 Å².